The molecule has 4 nitrogen and oxygen atoms in total. The number of halogens is 1. The van der Waals surface area contributed by atoms with Crippen molar-refractivity contribution in [3.63, 3.8) is 0 Å². The zero-order chi connectivity index (χ0) is 24.0. The van der Waals surface area contributed by atoms with E-state index in [0.717, 1.165) is 37.9 Å². The minimum atomic E-state index is -1.16. The number of carbonyl (C=O) groups excluding carboxylic acids is 1. The minimum absolute atomic E-state index is 0.0975. The van der Waals surface area contributed by atoms with Crippen LogP contribution in [0.25, 0.3) is 0 Å². The van der Waals surface area contributed by atoms with Crippen LogP contribution in [-0.4, -0.2) is 53.8 Å². The van der Waals surface area contributed by atoms with Gasteiger partial charge in [0.15, 0.2) is 6.54 Å². The first-order valence-corrected chi connectivity index (χ1v) is 12.9. The number of ether oxygens (including phenoxy) is 1. The van der Waals surface area contributed by atoms with Crippen molar-refractivity contribution in [2.45, 2.75) is 90.0 Å². The molecule has 0 aromatic heterocycles. The van der Waals surface area contributed by atoms with E-state index in [4.69, 9.17) is 4.74 Å². The van der Waals surface area contributed by atoms with E-state index in [9.17, 15) is 14.3 Å². The highest BCUT2D eigenvalue weighted by molar-refractivity contribution is 5.69. The standard InChI is InChI=1S/C28H43FNO3/c1-5-7-24(23-9-6-8-22-12-10-20(3)33-18-25(22)23)27(31)14-15-28(32)30(4)17-21-11-13-26(29)19(2)16-21/h11,13,16,20,22-27,31H,2,4-10,12,14-15,17-18H2,1,3H3/q+1. The van der Waals surface area contributed by atoms with Crippen LogP contribution in [0.4, 0.5) is 4.39 Å². The second-order valence-corrected chi connectivity index (χ2v) is 10.4. The molecule has 7 unspecified atom stereocenters. The van der Waals surface area contributed by atoms with Crippen LogP contribution in [0, 0.1) is 23.7 Å². The number of aliphatic hydroxyl groups is 1. The number of allylic oxidation sites excluding steroid dienone is 3. The molecule has 1 amide bonds. The molecule has 5 heteroatoms. The summed E-state index contributed by atoms with van der Waals surface area (Å²) in [6, 6.07) is 0. The molecule has 1 N–H and O–H groups in total. The van der Waals surface area contributed by atoms with E-state index in [1.165, 1.54) is 29.9 Å². The molecule has 2 fully saturated rings. The topological polar surface area (TPSA) is 49.5 Å². The fraction of sp³-hybridized carbons (Fsp3) is 0.714. The lowest BCUT2D eigenvalue weighted by Gasteiger charge is -2.43. The van der Waals surface area contributed by atoms with Gasteiger partial charge in [-0.25, -0.2) is 9.18 Å². The van der Waals surface area contributed by atoms with Crippen molar-refractivity contribution in [2.75, 3.05) is 13.2 Å². The van der Waals surface area contributed by atoms with E-state index in [-0.39, 0.29) is 18.2 Å². The molecule has 0 spiro atoms. The predicted molar refractivity (Wildman–Crippen MR) is 131 cm³/mol. The smallest absolute Gasteiger partial charge is 0.386 e. The van der Waals surface area contributed by atoms with Crippen molar-refractivity contribution in [3.05, 3.63) is 36.0 Å². The third kappa shape index (κ3) is 6.95. The van der Waals surface area contributed by atoms with E-state index in [1.54, 1.807) is 12.2 Å². The Balaban J connectivity index is 1.57. The first-order chi connectivity index (χ1) is 15.8. The van der Waals surface area contributed by atoms with Crippen molar-refractivity contribution in [3.8, 4) is 0 Å². The Kier molecular flexibility index (Phi) is 9.63. The molecule has 1 heterocycles. The maximum Gasteiger partial charge on any atom is 0.386 e. The summed E-state index contributed by atoms with van der Waals surface area (Å²) >= 11 is 0. The van der Waals surface area contributed by atoms with Gasteiger partial charge in [-0.1, -0.05) is 38.8 Å². The Morgan fingerprint density at radius 3 is 2.82 bits per heavy atom. The van der Waals surface area contributed by atoms with Gasteiger partial charge in [-0.15, -0.1) is 0 Å². The van der Waals surface area contributed by atoms with Crippen LogP contribution in [0.3, 0.4) is 0 Å². The Bertz CT molecular complexity index is 773. The second kappa shape index (κ2) is 12.2. The zero-order valence-electron chi connectivity index (χ0n) is 20.6. The average Bonchev–Trinajstić information content (AvgIpc) is 2.99. The quantitative estimate of drug-likeness (QED) is 0.370. The summed E-state index contributed by atoms with van der Waals surface area (Å²) in [5, 5.41) is 11.2. The number of carbonyl (C=O) groups is 1. The Labute approximate surface area is 199 Å². The van der Waals surface area contributed by atoms with E-state index < -0.39 is 12.3 Å². The molecule has 3 aliphatic rings. The molecule has 1 saturated heterocycles. The van der Waals surface area contributed by atoms with E-state index in [0.29, 0.717) is 42.4 Å². The molecule has 3 rings (SSSR count). The van der Waals surface area contributed by atoms with Crippen molar-refractivity contribution in [1.29, 1.82) is 0 Å². The van der Waals surface area contributed by atoms with Crippen molar-refractivity contribution >= 4 is 12.6 Å². The van der Waals surface area contributed by atoms with Gasteiger partial charge in [0.05, 0.1) is 25.2 Å². The monoisotopic (exact) mass is 460 g/mol. The minimum Gasteiger partial charge on any atom is -0.393 e. The van der Waals surface area contributed by atoms with Crippen LogP contribution in [-0.2, 0) is 9.53 Å². The van der Waals surface area contributed by atoms with Gasteiger partial charge in [-0.2, -0.15) is 4.58 Å². The highest BCUT2D eigenvalue weighted by Gasteiger charge is 2.41. The summed E-state index contributed by atoms with van der Waals surface area (Å²) in [6.45, 7) is 13.1. The van der Waals surface area contributed by atoms with E-state index >= 15 is 0 Å². The largest absolute Gasteiger partial charge is 0.393 e. The lowest BCUT2D eigenvalue weighted by Crippen LogP contribution is -2.40. The Morgan fingerprint density at radius 2 is 2.09 bits per heavy atom. The van der Waals surface area contributed by atoms with Gasteiger partial charge < -0.3 is 9.84 Å². The molecule has 1 saturated carbocycles. The van der Waals surface area contributed by atoms with Gasteiger partial charge >= 0.3 is 5.91 Å². The van der Waals surface area contributed by atoms with Crippen LogP contribution in [0.2, 0.25) is 0 Å². The predicted octanol–water partition coefficient (Wildman–Crippen LogP) is 5.41. The summed E-state index contributed by atoms with van der Waals surface area (Å²) < 4.78 is 21.1. The fourth-order valence-electron chi connectivity index (χ4n) is 6.12. The molecule has 184 valence electrons. The second-order valence-electron chi connectivity index (χ2n) is 10.4. The number of aliphatic hydroxyl groups excluding tert-OH is 1. The molecule has 2 aliphatic carbocycles. The first-order valence-electron chi connectivity index (χ1n) is 12.9. The van der Waals surface area contributed by atoms with Crippen LogP contribution in [0.5, 0.6) is 0 Å². The maximum atomic E-state index is 13.5. The van der Waals surface area contributed by atoms with Crippen LogP contribution >= 0.6 is 0 Å². The summed E-state index contributed by atoms with van der Waals surface area (Å²) in [4.78, 5) is 12.7. The molecular weight excluding hydrogens is 417 g/mol. The van der Waals surface area contributed by atoms with Gasteiger partial charge in [0.1, 0.15) is 12.9 Å². The molecular formula is C28H43FNO3+. The maximum absolute atomic E-state index is 13.5. The van der Waals surface area contributed by atoms with E-state index in [2.05, 4.69) is 27.1 Å². The number of hydrogen-bond donors (Lipinski definition) is 1. The highest BCUT2D eigenvalue weighted by atomic mass is 19.1. The van der Waals surface area contributed by atoms with Crippen LogP contribution < -0.4 is 0 Å². The molecule has 0 radical (unpaired) electrons. The summed E-state index contributed by atoms with van der Waals surface area (Å²) in [5.74, 6) is 1.80. The Morgan fingerprint density at radius 1 is 1.30 bits per heavy atom. The van der Waals surface area contributed by atoms with Crippen LogP contribution in [0.15, 0.2) is 36.0 Å². The molecule has 1 aliphatic heterocycles. The fourth-order valence-corrected chi connectivity index (χ4v) is 6.12. The van der Waals surface area contributed by atoms with Gasteiger partial charge in [-0.3, -0.25) is 0 Å². The first kappa shape index (κ1) is 26.0. The molecule has 0 bridgehead atoms. The van der Waals surface area contributed by atoms with Gasteiger partial charge in [0.25, 0.3) is 0 Å². The molecule has 7 atom stereocenters. The number of hydrogen-bond acceptors (Lipinski definition) is 3. The lowest BCUT2D eigenvalue weighted by atomic mass is 9.64. The molecule has 0 aromatic rings. The Hall–Kier alpha value is -1.59. The number of alkyl halides is 1. The van der Waals surface area contributed by atoms with Gasteiger partial charge in [0, 0.05) is 5.57 Å². The van der Waals surface area contributed by atoms with Crippen molar-refractivity contribution in [2.24, 2.45) is 23.7 Å². The van der Waals surface area contributed by atoms with E-state index in [1.807, 2.05) is 0 Å². The average molecular weight is 461 g/mol. The number of fused-ring (bicyclic) bond motifs is 1. The zero-order valence-corrected chi connectivity index (χ0v) is 20.6. The number of nitrogens with zero attached hydrogens (tertiary/aromatic N) is 1. The third-order valence-electron chi connectivity index (χ3n) is 8.04. The number of rotatable bonds is 9. The SMILES string of the molecule is C=C1C=C(C[N+](=C)C(=O)CCC(O)C(CCC)C2CCCC3CCC(C)OCC32)C=CC1F. The van der Waals surface area contributed by atoms with Crippen molar-refractivity contribution < 1.29 is 23.6 Å². The summed E-state index contributed by atoms with van der Waals surface area (Å²) in [6.07, 6.45) is 12.2. The van der Waals surface area contributed by atoms with Gasteiger partial charge in [-0.05, 0) is 80.4 Å². The van der Waals surface area contributed by atoms with Gasteiger partial charge in [0.2, 0.25) is 0 Å². The highest BCUT2D eigenvalue weighted by Crippen LogP contribution is 2.45. The normalized spacial score (nSPS) is 31.8. The van der Waals surface area contributed by atoms with Crippen molar-refractivity contribution in [1.82, 2.24) is 0 Å². The third-order valence-corrected chi connectivity index (χ3v) is 8.04. The lowest BCUT2D eigenvalue weighted by molar-refractivity contribution is -0.432. The summed E-state index contributed by atoms with van der Waals surface area (Å²) in [7, 11) is 0. The number of amides is 1. The molecule has 33 heavy (non-hydrogen) atoms. The summed E-state index contributed by atoms with van der Waals surface area (Å²) in [5.41, 5.74) is 1.21. The molecule has 0 aromatic carbocycles. The van der Waals surface area contributed by atoms with Crippen LogP contribution in [0.1, 0.15) is 71.6 Å².